The summed E-state index contributed by atoms with van der Waals surface area (Å²) in [6.45, 7) is 4.23. The van der Waals surface area contributed by atoms with Crippen LogP contribution in [0.25, 0.3) is 21.5 Å². The van der Waals surface area contributed by atoms with Crippen LogP contribution in [0, 0.1) is 0 Å². The number of carboxylic acids is 1. The van der Waals surface area contributed by atoms with Gasteiger partial charge in [0, 0.05) is 18.5 Å². The fourth-order valence-corrected chi connectivity index (χ4v) is 3.24. The van der Waals surface area contributed by atoms with E-state index in [0.29, 0.717) is 5.92 Å². The molecule has 6 heteroatoms. The molecule has 0 aliphatic rings. The Hall–Kier alpha value is -2.21. The molecule has 1 N–H and O–H groups in total. The van der Waals surface area contributed by atoms with Crippen LogP contribution in [0.3, 0.4) is 0 Å². The quantitative estimate of drug-likeness (QED) is 0.803. The molecule has 3 rings (SSSR count). The molecule has 1 aromatic carbocycles. The smallest absolute Gasteiger partial charge is 0.356 e. The zero-order valence-electron chi connectivity index (χ0n) is 12.0. The van der Waals surface area contributed by atoms with Gasteiger partial charge in [0.15, 0.2) is 5.69 Å². The number of aromatic carboxylic acids is 1. The molecule has 2 aromatic heterocycles. The third-order valence-corrected chi connectivity index (χ3v) is 4.63. The van der Waals surface area contributed by atoms with Crippen LogP contribution in [-0.4, -0.2) is 25.8 Å². The maximum absolute atomic E-state index is 11.1. The summed E-state index contributed by atoms with van der Waals surface area (Å²) in [4.78, 5) is 15.8. The van der Waals surface area contributed by atoms with Crippen LogP contribution < -0.4 is 0 Å². The van der Waals surface area contributed by atoms with Crippen molar-refractivity contribution in [3.63, 3.8) is 0 Å². The average molecular weight is 301 g/mol. The molecule has 5 nitrogen and oxygen atoms in total. The Balaban J connectivity index is 2.22. The topological polar surface area (TPSA) is 68.0 Å². The van der Waals surface area contributed by atoms with Gasteiger partial charge in [0.05, 0.1) is 20.9 Å². The molecule has 0 aliphatic heterocycles. The molecular weight excluding hydrogens is 286 g/mol. The van der Waals surface area contributed by atoms with Crippen molar-refractivity contribution in [1.82, 2.24) is 14.8 Å². The lowest BCUT2D eigenvalue weighted by Gasteiger charge is -2.02. The number of thiazole rings is 1. The molecule has 0 fully saturated rings. The van der Waals surface area contributed by atoms with E-state index in [1.807, 2.05) is 18.2 Å². The van der Waals surface area contributed by atoms with Gasteiger partial charge in [-0.05, 0) is 12.1 Å². The lowest BCUT2D eigenvalue weighted by Crippen LogP contribution is -1.99. The molecule has 21 heavy (non-hydrogen) atoms. The van der Waals surface area contributed by atoms with Crippen LogP contribution in [0.1, 0.15) is 35.3 Å². The SMILES string of the molecule is CC(C)c1nc2c(-c3cc(C(=O)O)nn3C)cccc2s1. The first-order chi connectivity index (χ1) is 9.97. The highest BCUT2D eigenvalue weighted by Crippen LogP contribution is 2.34. The molecule has 0 bridgehead atoms. The zero-order valence-corrected chi connectivity index (χ0v) is 12.8. The molecule has 108 valence electrons. The fraction of sp³-hybridized carbons (Fsp3) is 0.267. The van der Waals surface area contributed by atoms with Crippen molar-refractivity contribution in [1.29, 1.82) is 0 Å². The van der Waals surface area contributed by atoms with Crippen molar-refractivity contribution < 1.29 is 9.90 Å². The van der Waals surface area contributed by atoms with E-state index >= 15 is 0 Å². The number of nitrogens with zero attached hydrogens (tertiary/aromatic N) is 3. The summed E-state index contributed by atoms with van der Waals surface area (Å²) < 4.78 is 2.70. The van der Waals surface area contributed by atoms with E-state index in [0.717, 1.165) is 26.5 Å². The van der Waals surface area contributed by atoms with Crippen molar-refractivity contribution in [2.75, 3.05) is 0 Å². The summed E-state index contributed by atoms with van der Waals surface area (Å²) in [7, 11) is 1.75. The van der Waals surface area contributed by atoms with E-state index in [1.54, 1.807) is 29.1 Å². The van der Waals surface area contributed by atoms with Crippen molar-refractivity contribution in [2.24, 2.45) is 7.05 Å². The van der Waals surface area contributed by atoms with Crippen LogP contribution in [0.2, 0.25) is 0 Å². The van der Waals surface area contributed by atoms with Gasteiger partial charge in [0.25, 0.3) is 0 Å². The Morgan fingerprint density at radius 1 is 1.38 bits per heavy atom. The molecule has 2 heterocycles. The molecule has 0 spiro atoms. The second kappa shape index (κ2) is 4.96. The highest BCUT2D eigenvalue weighted by Gasteiger charge is 2.17. The lowest BCUT2D eigenvalue weighted by atomic mass is 10.1. The van der Waals surface area contributed by atoms with Crippen LogP contribution in [0.15, 0.2) is 24.3 Å². The number of hydrogen-bond acceptors (Lipinski definition) is 4. The van der Waals surface area contributed by atoms with E-state index in [1.165, 1.54) is 0 Å². The van der Waals surface area contributed by atoms with Crippen LogP contribution >= 0.6 is 11.3 Å². The van der Waals surface area contributed by atoms with E-state index in [4.69, 9.17) is 10.1 Å². The number of carboxylic acid groups (broad SMARTS) is 1. The predicted octanol–water partition coefficient (Wildman–Crippen LogP) is 3.52. The van der Waals surface area contributed by atoms with Gasteiger partial charge in [-0.2, -0.15) is 5.10 Å². The first-order valence-electron chi connectivity index (χ1n) is 6.64. The maximum Gasteiger partial charge on any atom is 0.356 e. The minimum atomic E-state index is -1.02. The molecule has 0 unspecified atom stereocenters. The average Bonchev–Trinajstić information content (AvgIpc) is 3.01. The van der Waals surface area contributed by atoms with E-state index in [2.05, 4.69) is 18.9 Å². The molecule has 3 aromatic rings. The lowest BCUT2D eigenvalue weighted by molar-refractivity contribution is 0.0689. The number of benzene rings is 1. The molecular formula is C15H15N3O2S. The standard InChI is InChI=1S/C15H15N3O2S/c1-8(2)14-16-13-9(5-4-6-12(13)21-14)11-7-10(15(19)20)17-18(11)3/h4-8H,1-3H3,(H,19,20). The monoisotopic (exact) mass is 301 g/mol. The Morgan fingerprint density at radius 3 is 2.76 bits per heavy atom. The van der Waals surface area contributed by atoms with Gasteiger partial charge in [0.1, 0.15) is 0 Å². The molecule has 0 aliphatic carbocycles. The van der Waals surface area contributed by atoms with Gasteiger partial charge in [-0.25, -0.2) is 9.78 Å². The zero-order chi connectivity index (χ0) is 15.1. The van der Waals surface area contributed by atoms with E-state index < -0.39 is 5.97 Å². The minimum absolute atomic E-state index is 0.0452. The summed E-state index contributed by atoms with van der Waals surface area (Å²) in [5, 5.41) is 14.2. The van der Waals surface area contributed by atoms with Gasteiger partial charge in [-0.15, -0.1) is 11.3 Å². The minimum Gasteiger partial charge on any atom is -0.476 e. The third kappa shape index (κ3) is 2.31. The maximum atomic E-state index is 11.1. The number of carbonyl (C=O) groups is 1. The van der Waals surface area contributed by atoms with Crippen LogP contribution in [-0.2, 0) is 7.05 Å². The van der Waals surface area contributed by atoms with Gasteiger partial charge < -0.3 is 5.11 Å². The van der Waals surface area contributed by atoms with Gasteiger partial charge >= 0.3 is 5.97 Å². The summed E-state index contributed by atoms with van der Waals surface area (Å²) in [5.74, 6) is -0.651. The Bertz CT molecular complexity index is 833. The second-order valence-corrected chi connectivity index (χ2v) is 6.26. The fourth-order valence-electron chi connectivity index (χ4n) is 2.24. The summed E-state index contributed by atoms with van der Waals surface area (Å²) in [5.41, 5.74) is 2.63. The van der Waals surface area contributed by atoms with Crippen LogP contribution in [0.5, 0.6) is 0 Å². The highest BCUT2D eigenvalue weighted by atomic mass is 32.1. The van der Waals surface area contributed by atoms with Crippen LogP contribution in [0.4, 0.5) is 0 Å². The van der Waals surface area contributed by atoms with Crippen molar-refractivity contribution in [2.45, 2.75) is 19.8 Å². The third-order valence-electron chi connectivity index (χ3n) is 3.30. The molecule has 0 amide bonds. The Labute approximate surface area is 125 Å². The summed E-state index contributed by atoms with van der Waals surface area (Å²) in [6, 6.07) is 7.55. The largest absolute Gasteiger partial charge is 0.476 e. The van der Waals surface area contributed by atoms with Gasteiger partial charge in [-0.3, -0.25) is 4.68 Å². The van der Waals surface area contributed by atoms with Crippen molar-refractivity contribution >= 4 is 27.5 Å². The number of fused-ring (bicyclic) bond motifs is 1. The van der Waals surface area contributed by atoms with Crippen molar-refractivity contribution in [3.05, 3.63) is 35.0 Å². The molecule has 0 saturated heterocycles. The second-order valence-electron chi connectivity index (χ2n) is 5.20. The summed E-state index contributed by atoms with van der Waals surface area (Å²) >= 11 is 1.68. The molecule has 0 radical (unpaired) electrons. The molecule has 0 atom stereocenters. The van der Waals surface area contributed by atoms with E-state index in [9.17, 15) is 4.79 Å². The van der Waals surface area contributed by atoms with Gasteiger partial charge in [0.2, 0.25) is 0 Å². The summed E-state index contributed by atoms with van der Waals surface area (Å²) in [6.07, 6.45) is 0. The Morgan fingerprint density at radius 2 is 2.14 bits per heavy atom. The number of aromatic nitrogens is 3. The number of aryl methyl sites for hydroxylation is 1. The first-order valence-corrected chi connectivity index (χ1v) is 7.46. The number of hydrogen-bond donors (Lipinski definition) is 1. The first kappa shape index (κ1) is 13.8. The number of rotatable bonds is 3. The van der Waals surface area contributed by atoms with Gasteiger partial charge in [-0.1, -0.05) is 26.0 Å². The highest BCUT2D eigenvalue weighted by molar-refractivity contribution is 7.18. The normalized spacial score (nSPS) is 11.4. The molecule has 0 saturated carbocycles. The predicted molar refractivity (Wildman–Crippen MR) is 82.9 cm³/mol. The van der Waals surface area contributed by atoms with E-state index in [-0.39, 0.29) is 5.69 Å². The number of para-hydroxylation sites is 1. The Kier molecular flexibility index (Phi) is 3.25. The van der Waals surface area contributed by atoms with Crippen molar-refractivity contribution in [3.8, 4) is 11.3 Å².